The van der Waals surface area contributed by atoms with Crippen molar-refractivity contribution in [1.82, 2.24) is 9.38 Å². The smallest absolute Gasteiger partial charge is 0.136 e. The Morgan fingerprint density at radius 1 is 1.33 bits per heavy atom. The average Bonchev–Trinajstić information content (AvgIpc) is 2.46. The van der Waals surface area contributed by atoms with Crippen LogP contribution in [0.1, 0.15) is 25.5 Å². The first kappa shape index (κ1) is 7.35. The number of rotatable bonds is 1. The van der Waals surface area contributed by atoms with Crippen LogP contribution < -0.4 is 0 Å². The van der Waals surface area contributed by atoms with Gasteiger partial charge >= 0.3 is 0 Å². The molecule has 62 valence electrons. The summed E-state index contributed by atoms with van der Waals surface area (Å²) in [5.41, 5.74) is 2.18. The Balaban J connectivity index is 2.62. The molecule has 0 saturated heterocycles. The monoisotopic (exact) mass is 160 g/mol. The van der Waals surface area contributed by atoms with Crippen molar-refractivity contribution in [3.63, 3.8) is 0 Å². The second kappa shape index (κ2) is 2.63. The lowest BCUT2D eigenvalue weighted by Gasteiger charge is -1.94. The van der Waals surface area contributed by atoms with Gasteiger partial charge in [-0.3, -0.25) is 0 Å². The van der Waals surface area contributed by atoms with E-state index in [0.29, 0.717) is 5.92 Å². The van der Waals surface area contributed by atoms with Gasteiger partial charge < -0.3 is 4.40 Å². The minimum absolute atomic E-state index is 0.505. The maximum absolute atomic E-state index is 4.48. The molecule has 2 aromatic rings. The summed E-state index contributed by atoms with van der Waals surface area (Å²) in [6, 6.07) is 6.04. The van der Waals surface area contributed by atoms with Crippen LogP contribution in [0.4, 0.5) is 0 Å². The molecule has 2 nitrogen and oxygen atoms in total. The lowest BCUT2D eigenvalue weighted by molar-refractivity contribution is 0.834. The zero-order valence-electron chi connectivity index (χ0n) is 7.36. The summed E-state index contributed by atoms with van der Waals surface area (Å²) in [5.74, 6) is 0.505. The van der Waals surface area contributed by atoms with E-state index in [2.05, 4.69) is 29.4 Å². The molecule has 0 aliphatic heterocycles. The SMILES string of the molecule is CC(C)c1cn2ccccc2n1. The Morgan fingerprint density at radius 2 is 2.17 bits per heavy atom. The second-order valence-corrected chi connectivity index (χ2v) is 3.29. The van der Waals surface area contributed by atoms with E-state index in [-0.39, 0.29) is 0 Å². The van der Waals surface area contributed by atoms with Gasteiger partial charge in [-0.15, -0.1) is 0 Å². The molecule has 0 spiro atoms. The van der Waals surface area contributed by atoms with Crippen LogP contribution in [0.3, 0.4) is 0 Å². The molecule has 0 aliphatic carbocycles. The molecule has 2 heteroatoms. The number of fused-ring (bicyclic) bond motifs is 1. The standard InChI is InChI=1S/C10H12N2/c1-8(2)9-7-12-6-4-3-5-10(12)11-9/h3-8H,1-2H3. The van der Waals surface area contributed by atoms with Crippen LogP contribution in [0, 0.1) is 0 Å². The highest BCUT2D eigenvalue weighted by Crippen LogP contribution is 2.13. The van der Waals surface area contributed by atoms with Crippen molar-refractivity contribution < 1.29 is 0 Å². The van der Waals surface area contributed by atoms with Gasteiger partial charge in [-0.25, -0.2) is 4.98 Å². The molecule has 2 rings (SSSR count). The molecule has 0 bridgehead atoms. The largest absolute Gasteiger partial charge is 0.307 e. The van der Waals surface area contributed by atoms with Crippen LogP contribution >= 0.6 is 0 Å². The van der Waals surface area contributed by atoms with Crippen molar-refractivity contribution in [2.45, 2.75) is 19.8 Å². The van der Waals surface area contributed by atoms with Crippen molar-refractivity contribution in [1.29, 1.82) is 0 Å². The van der Waals surface area contributed by atoms with Gasteiger partial charge in [0.15, 0.2) is 0 Å². The molecule has 2 aromatic heterocycles. The highest BCUT2D eigenvalue weighted by Gasteiger charge is 2.03. The van der Waals surface area contributed by atoms with Gasteiger partial charge in [-0.2, -0.15) is 0 Å². The first-order valence-corrected chi connectivity index (χ1v) is 4.21. The molecule has 2 heterocycles. The lowest BCUT2D eigenvalue weighted by Crippen LogP contribution is -1.84. The molecule has 0 N–H and O–H groups in total. The molecule has 0 amide bonds. The zero-order valence-corrected chi connectivity index (χ0v) is 7.36. The Kier molecular flexibility index (Phi) is 1.61. The van der Waals surface area contributed by atoms with Gasteiger partial charge in [0.25, 0.3) is 0 Å². The maximum Gasteiger partial charge on any atom is 0.136 e. The molecule has 0 saturated carbocycles. The van der Waals surface area contributed by atoms with Crippen molar-refractivity contribution in [3.8, 4) is 0 Å². The molecular weight excluding hydrogens is 148 g/mol. The number of hydrogen-bond acceptors (Lipinski definition) is 1. The second-order valence-electron chi connectivity index (χ2n) is 3.29. The van der Waals surface area contributed by atoms with E-state index < -0.39 is 0 Å². The minimum Gasteiger partial charge on any atom is -0.307 e. The topological polar surface area (TPSA) is 17.3 Å². The molecule has 0 aromatic carbocycles. The Hall–Kier alpha value is -1.31. The summed E-state index contributed by atoms with van der Waals surface area (Å²) in [4.78, 5) is 4.48. The van der Waals surface area contributed by atoms with Crippen molar-refractivity contribution in [2.24, 2.45) is 0 Å². The van der Waals surface area contributed by atoms with Crippen molar-refractivity contribution in [3.05, 3.63) is 36.3 Å². The number of pyridine rings is 1. The van der Waals surface area contributed by atoms with Crippen LogP contribution in [0.25, 0.3) is 5.65 Å². The van der Waals surface area contributed by atoms with Crippen molar-refractivity contribution in [2.75, 3.05) is 0 Å². The van der Waals surface area contributed by atoms with Gasteiger partial charge in [0.1, 0.15) is 5.65 Å². The van der Waals surface area contributed by atoms with Crippen LogP contribution in [0.5, 0.6) is 0 Å². The number of imidazole rings is 1. The third kappa shape index (κ3) is 1.09. The normalized spacial score (nSPS) is 11.2. The van der Waals surface area contributed by atoms with Gasteiger partial charge in [0.05, 0.1) is 5.69 Å². The highest BCUT2D eigenvalue weighted by atomic mass is 15.0. The number of hydrogen-bond donors (Lipinski definition) is 0. The van der Waals surface area contributed by atoms with E-state index in [1.807, 2.05) is 24.4 Å². The summed E-state index contributed by atoms with van der Waals surface area (Å²) in [5, 5.41) is 0. The molecule has 0 radical (unpaired) electrons. The third-order valence-electron chi connectivity index (χ3n) is 1.97. The van der Waals surface area contributed by atoms with Crippen LogP contribution in [0.15, 0.2) is 30.6 Å². The van der Waals surface area contributed by atoms with Crippen molar-refractivity contribution >= 4 is 5.65 Å². The fourth-order valence-electron chi connectivity index (χ4n) is 1.23. The summed E-state index contributed by atoms with van der Waals surface area (Å²) in [6.45, 7) is 4.31. The predicted molar refractivity (Wildman–Crippen MR) is 49.3 cm³/mol. The van der Waals surface area contributed by atoms with E-state index >= 15 is 0 Å². The van der Waals surface area contributed by atoms with Gasteiger partial charge in [0, 0.05) is 12.4 Å². The van der Waals surface area contributed by atoms with Crippen LogP contribution in [-0.2, 0) is 0 Å². The fourth-order valence-corrected chi connectivity index (χ4v) is 1.23. The summed E-state index contributed by atoms with van der Waals surface area (Å²) in [6.07, 6.45) is 4.11. The highest BCUT2D eigenvalue weighted by molar-refractivity contribution is 5.39. The molecule has 0 unspecified atom stereocenters. The summed E-state index contributed by atoms with van der Waals surface area (Å²) >= 11 is 0. The lowest BCUT2D eigenvalue weighted by atomic mass is 10.2. The van der Waals surface area contributed by atoms with Crippen LogP contribution in [0.2, 0.25) is 0 Å². The molecular formula is C10H12N2. The molecule has 0 aliphatic rings. The summed E-state index contributed by atoms with van der Waals surface area (Å²) in [7, 11) is 0. The fraction of sp³-hybridized carbons (Fsp3) is 0.300. The zero-order chi connectivity index (χ0) is 8.55. The van der Waals surface area contributed by atoms with Gasteiger partial charge in [0.2, 0.25) is 0 Å². The molecule has 0 fully saturated rings. The van der Waals surface area contributed by atoms with E-state index in [1.165, 1.54) is 0 Å². The van der Waals surface area contributed by atoms with E-state index in [0.717, 1.165) is 11.3 Å². The first-order chi connectivity index (χ1) is 5.77. The Bertz CT molecular complexity index is 354. The molecule has 0 atom stereocenters. The maximum atomic E-state index is 4.48. The number of nitrogens with zero attached hydrogens (tertiary/aromatic N) is 2. The Labute approximate surface area is 71.9 Å². The predicted octanol–water partition coefficient (Wildman–Crippen LogP) is 2.46. The first-order valence-electron chi connectivity index (χ1n) is 4.21. The number of aromatic nitrogens is 2. The van der Waals surface area contributed by atoms with E-state index in [4.69, 9.17) is 0 Å². The average molecular weight is 160 g/mol. The van der Waals surface area contributed by atoms with E-state index in [9.17, 15) is 0 Å². The van der Waals surface area contributed by atoms with Gasteiger partial charge in [-0.05, 0) is 18.1 Å². The van der Waals surface area contributed by atoms with E-state index in [1.54, 1.807) is 0 Å². The third-order valence-corrected chi connectivity index (χ3v) is 1.97. The quantitative estimate of drug-likeness (QED) is 0.626. The summed E-state index contributed by atoms with van der Waals surface area (Å²) < 4.78 is 2.05. The Morgan fingerprint density at radius 3 is 2.83 bits per heavy atom. The molecule has 12 heavy (non-hydrogen) atoms. The minimum atomic E-state index is 0.505. The van der Waals surface area contributed by atoms with Crippen LogP contribution in [-0.4, -0.2) is 9.38 Å². The van der Waals surface area contributed by atoms with Gasteiger partial charge in [-0.1, -0.05) is 19.9 Å².